The number of hydrogen-bond donors (Lipinski definition) is 1. The number of rotatable bonds is 32. The molecule has 0 amide bonds. The third-order valence-corrected chi connectivity index (χ3v) is 19.1. The quantitative estimate of drug-likeness (QED) is 0.0240. The summed E-state index contributed by atoms with van der Waals surface area (Å²) < 4.78 is 38.5. The summed E-state index contributed by atoms with van der Waals surface area (Å²) in [5, 5.41) is 17.2. The van der Waals surface area contributed by atoms with E-state index in [-0.39, 0.29) is 32.0 Å². The third-order valence-electron chi connectivity index (χ3n) is 17.4. The van der Waals surface area contributed by atoms with Crippen LogP contribution in [-0.4, -0.2) is 128 Å². The first-order chi connectivity index (χ1) is 46.7. The lowest BCUT2D eigenvalue weighted by Gasteiger charge is -2.36. The summed E-state index contributed by atoms with van der Waals surface area (Å²) in [7, 11) is 0. The number of aromatic nitrogens is 2. The van der Waals surface area contributed by atoms with Gasteiger partial charge in [-0.05, 0) is 158 Å². The van der Waals surface area contributed by atoms with E-state index in [1.807, 2.05) is 42.5 Å². The van der Waals surface area contributed by atoms with Crippen LogP contribution in [0.3, 0.4) is 0 Å². The topological polar surface area (TPSA) is 167 Å². The first kappa shape index (κ1) is 73.9. The van der Waals surface area contributed by atoms with Gasteiger partial charge in [-0.1, -0.05) is 116 Å². The molecule has 5 aromatic carbocycles. The van der Waals surface area contributed by atoms with Crippen LogP contribution in [0.15, 0.2) is 160 Å². The molecule has 0 radical (unpaired) electrons. The van der Waals surface area contributed by atoms with Crippen molar-refractivity contribution in [2.75, 3.05) is 102 Å². The number of anilines is 2. The van der Waals surface area contributed by atoms with Gasteiger partial charge in [0.15, 0.2) is 13.5 Å². The van der Waals surface area contributed by atoms with E-state index >= 15 is 0 Å². The molecule has 516 valence electrons. The first-order valence-corrected chi connectivity index (χ1v) is 36.1. The summed E-state index contributed by atoms with van der Waals surface area (Å²) in [6, 6.07) is 44.1. The average molecular weight is 1350 g/mol. The zero-order chi connectivity index (χ0) is 66.2. The number of ether oxygens (including phenoxy) is 6. The summed E-state index contributed by atoms with van der Waals surface area (Å²) in [4.78, 5) is 59.6. The molecule has 0 spiro atoms. The minimum Gasteiger partial charge on any atom is -0.494 e. The Hall–Kier alpha value is -7.94. The van der Waals surface area contributed by atoms with Crippen molar-refractivity contribution in [1.29, 1.82) is 0 Å². The number of aliphatic hydroxyl groups is 1. The maximum atomic E-state index is 12.6. The monoisotopic (exact) mass is 1350 g/mol. The molecule has 17 nitrogen and oxygen atoms in total. The van der Waals surface area contributed by atoms with Crippen LogP contribution in [0.1, 0.15) is 124 Å². The van der Waals surface area contributed by atoms with Gasteiger partial charge in [0, 0.05) is 115 Å². The number of para-hydroxylation sites is 1. The first-order valence-electron chi connectivity index (χ1n) is 34.4. The molecule has 2 fully saturated rings. The van der Waals surface area contributed by atoms with Gasteiger partial charge in [0.25, 0.3) is 11.1 Å². The molecule has 2 aliphatic rings. The van der Waals surface area contributed by atoms with Gasteiger partial charge in [-0.3, -0.25) is 28.5 Å². The van der Waals surface area contributed by atoms with Crippen LogP contribution < -0.4 is 35.1 Å². The predicted molar refractivity (Wildman–Crippen MR) is 393 cm³/mol. The summed E-state index contributed by atoms with van der Waals surface area (Å²) in [6.45, 7) is 16.4. The third kappa shape index (κ3) is 22.9. The predicted octanol–water partition coefficient (Wildman–Crippen LogP) is 17.0. The smallest absolute Gasteiger partial charge is 0.494 e. The normalized spacial score (nSPS) is 13.4. The molecule has 11 rings (SSSR count). The molecule has 6 heterocycles. The molecule has 4 aromatic heterocycles. The summed E-state index contributed by atoms with van der Waals surface area (Å²) in [5.41, 5.74) is 3.47. The highest BCUT2D eigenvalue weighted by Crippen LogP contribution is 2.33. The fourth-order valence-corrected chi connectivity index (χ4v) is 13.6. The van der Waals surface area contributed by atoms with E-state index in [1.54, 1.807) is 59.1 Å². The number of benzene rings is 5. The summed E-state index contributed by atoms with van der Waals surface area (Å²) >= 11 is 3.60. The zero-order valence-corrected chi connectivity index (χ0v) is 57.2. The highest BCUT2D eigenvalue weighted by atomic mass is 32.1. The van der Waals surface area contributed by atoms with E-state index in [2.05, 4.69) is 92.7 Å². The molecule has 19 heteroatoms. The highest BCUT2D eigenvalue weighted by Gasteiger charge is 2.21. The number of thiophene rings is 2. The molecule has 0 saturated carbocycles. The number of carbonyl (C=O) groups is 2. The number of nitrogens with zero attached hydrogens (tertiary/aromatic N) is 6. The van der Waals surface area contributed by atoms with Crippen LogP contribution in [-0.2, 0) is 27.7 Å². The maximum Gasteiger partial charge on any atom is 0.515 e. The number of hydrogen-bond acceptors (Lipinski definition) is 17. The second kappa shape index (κ2) is 40.6. The minimum absolute atomic E-state index is 0. The fraction of sp³-hybridized carbons (Fsp3) is 0.455. The van der Waals surface area contributed by atoms with Crippen molar-refractivity contribution in [3.05, 3.63) is 171 Å². The van der Waals surface area contributed by atoms with Gasteiger partial charge >= 0.3 is 12.3 Å². The highest BCUT2D eigenvalue weighted by molar-refractivity contribution is 7.17. The zero-order valence-electron chi connectivity index (χ0n) is 55.6. The molecule has 0 bridgehead atoms. The standard InChI is InChI=1S/C35H45N3O5S.C33H33N3O5S.C8H18O.CH4/c1-2-3-4-5-6-8-24-42-35(40)43-27-38-32-26-29(15-13-28(32)14-16-34(38)39)41-23-9-7-18-36-19-21-37(22-20-36)31-11-10-12-33-30(31)17-25-44-33;37-32-14-12-25-11-13-27(23-30(25)36(32)24-40-33(38)41-26-7-2-1-3-8-26)39-21-5-4-16-34-17-19-35(20-18-34)29-9-6-10-31-28(29)15-22-42-31;1-2-3-4-5-6-7-8-9;/h10-17,25-26H,2-9,18-24,27H2,1H3;1-3,6-15,22-23H,4-5,16-21,24H2;9H,2-8H2,1H3;1H4. The van der Waals surface area contributed by atoms with E-state index in [1.165, 1.54) is 104 Å². The molecular weight excluding hydrogens is 1250 g/mol. The Morgan fingerprint density at radius 1 is 0.438 bits per heavy atom. The Labute approximate surface area is 574 Å². The Bertz CT molecular complexity index is 3870. The van der Waals surface area contributed by atoms with E-state index in [4.69, 9.17) is 33.5 Å². The number of pyridine rings is 2. The van der Waals surface area contributed by atoms with Gasteiger partial charge in [0.1, 0.15) is 17.2 Å². The number of unbranched alkanes of at least 4 members (excludes halogenated alkanes) is 12. The van der Waals surface area contributed by atoms with Crippen LogP contribution in [0, 0.1) is 0 Å². The van der Waals surface area contributed by atoms with Gasteiger partial charge in [-0.15, -0.1) is 22.7 Å². The number of piperazine rings is 2. The van der Waals surface area contributed by atoms with Crippen molar-refractivity contribution in [3.63, 3.8) is 0 Å². The van der Waals surface area contributed by atoms with Crippen molar-refractivity contribution >= 4 is 88.3 Å². The van der Waals surface area contributed by atoms with Crippen LogP contribution in [0.5, 0.6) is 17.2 Å². The Morgan fingerprint density at radius 2 is 0.885 bits per heavy atom. The molecule has 2 aliphatic heterocycles. The Balaban J connectivity index is 0.000000216. The molecule has 9 aromatic rings. The van der Waals surface area contributed by atoms with Gasteiger partial charge in [0.05, 0.1) is 30.9 Å². The molecule has 1 N–H and O–H groups in total. The fourth-order valence-electron chi connectivity index (χ4n) is 12.0. The van der Waals surface area contributed by atoms with Gasteiger partial charge in [-0.25, -0.2) is 9.59 Å². The molecule has 0 atom stereocenters. The largest absolute Gasteiger partial charge is 0.515 e. The Morgan fingerprint density at radius 3 is 1.38 bits per heavy atom. The van der Waals surface area contributed by atoms with Gasteiger partial charge in [-0.2, -0.15) is 0 Å². The lowest BCUT2D eigenvalue weighted by atomic mass is 10.1. The summed E-state index contributed by atoms with van der Waals surface area (Å²) in [6.07, 6.45) is 16.5. The second-order valence-electron chi connectivity index (χ2n) is 24.2. The SMILES string of the molecule is C.CCCCCCCCO.CCCCCCCCOC(=O)OCn1c(=O)ccc2ccc(OCCCCN3CCN(c4cccc5sccc45)CC3)cc21.O=C(OCn1c(=O)ccc2ccc(OCCCCN3CCN(c4cccc5sccc45)CC3)cc21)Oc1ccccc1. The Kier molecular flexibility index (Phi) is 31.2. The van der Waals surface area contributed by atoms with Crippen LogP contribution in [0.25, 0.3) is 42.0 Å². The van der Waals surface area contributed by atoms with Crippen molar-refractivity contribution < 1.29 is 43.1 Å². The van der Waals surface area contributed by atoms with Crippen LogP contribution in [0.2, 0.25) is 0 Å². The lowest BCUT2D eigenvalue weighted by Crippen LogP contribution is -2.46. The summed E-state index contributed by atoms with van der Waals surface area (Å²) in [5.74, 6) is 1.74. The van der Waals surface area contributed by atoms with E-state index < -0.39 is 12.3 Å². The average Bonchev–Trinajstić information content (AvgIpc) is 1.25. The molecular formula is C77H100N6O11S2. The van der Waals surface area contributed by atoms with Gasteiger partial charge in [0.2, 0.25) is 0 Å². The minimum atomic E-state index is -0.876. The van der Waals surface area contributed by atoms with Gasteiger partial charge < -0.3 is 43.3 Å². The van der Waals surface area contributed by atoms with E-state index in [9.17, 15) is 19.2 Å². The van der Waals surface area contributed by atoms with E-state index in [0.717, 1.165) is 128 Å². The number of carbonyl (C=O) groups excluding carboxylic acids is 2. The van der Waals surface area contributed by atoms with Crippen LogP contribution >= 0.6 is 22.7 Å². The van der Waals surface area contributed by atoms with E-state index in [0.29, 0.717) is 54.7 Å². The second-order valence-corrected chi connectivity index (χ2v) is 26.1. The molecule has 0 aliphatic carbocycles. The van der Waals surface area contributed by atoms with Crippen molar-refractivity contribution in [3.8, 4) is 17.2 Å². The number of fused-ring (bicyclic) bond motifs is 4. The molecule has 0 unspecified atom stereocenters. The van der Waals surface area contributed by atoms with Crippen LogP contribution in [0.4, 0.5) is 21.0 Å². The van der Waals surface area contributed by atoms with Crippen molar-refractivity contribution in [1.82, 2.24) is 18.9 Å². The molecule has 2 saturated heterocycles. The molecule has 96 heavy (non-hydrogen) atoms. The lowest BCUT2D eigenvalue weighted by molar-refractivity contribution is 0.0331. The van der Waals surface area contributed by atoms with Crippen molar-refractivity contribution in [2.24, 2.45) is 0 Å². The number of aliphatic hydroxyl groups excluding tert-OH is 1. The van der Waals surface area contributed by atoms with Crippen molar-refractivity contribution in [2.45, 2.75) is 137 Å². The maximum absolute atomic E-state index is 12.6.